The summed E-state index contributed by atoms with van der Waals surface area (Å²) in [5.41, 5.74) is 3.51. The van der Waals surface area contributed by atoms with Crippen molar-refractivity contribution in [1.82, 2.24) is 20.4 Å². The minimum atomic E-state index is 0. The lowest BCUT2D eigenvalue weighted by molar-refractivity contribution is 0.310. The van der Waals surface area contributed by atoms with Crippen molar-refractivity contribution < 1.29 is 9.47 Å². The molecule has 0 aliphatic rings. The molecule has 0 radical (unpaired) electrons. The molecule has 166 valence electrons. The predicted molar refractivity (Wildman–Crippen MR) is 134 cm³/mol. The highest BCUT2D eigenvalue weighted by molar-refractivity contribution is 14.0. The molecule has 0 aliphatic heterocycles. The molecule has 0 saturated carbocycles. The third-order valence-corrected chi connectivity index (χ3v) is 4.67. The van der Waals surface area contributed by atoms with E-state index in [0.717, 1.165) is 29.6 Å². The Morgan fingerprint density at radius 2 is 1.81 bits per heavy atom. The van der Waals surface area contributed by atoms with E-state index in [1.807, 2.05) is 48.1 Å². The van der Waals surface area contributed by atoms with Crippen LogP contribution in [0.3, 0.4) is 0 Å². The van der Waals surface area contributed by atoms with E-state index >= 15 is 0 Å². The number of guanidine groups is 1. The van der Waals surface area contributed by atoms with Crippen LogP contribution in [0.1, 0.15) is 23.6 Å². The second-order valence-corrected chi connectivity index (χ2v) is 6.67. The monoisotopic (exact) mass is 535 g/mol. The van der Waals surface area contributed by atoms with E-state index in [-0.39, 0.29) is 24.0 Å². The number of methoxy groups -OCH3 is 1. The molecule has 0 amide bonds. The van der Waals surface area contributed by atoms with E-state index in [4.69, 9.17) is 9.47 Å². The lowest BCUT2D eigenvalue weighted by Crippen LogP contribution is -2.36. The Kier molecular flexibility index (Phi) is 10.2. The lowest BCUT2D eigenvalue weighted by atomic mass is 10.1. The Hall–Kier alpha value is -2.75. The van der Waals surface area contributed by atoms with E-state index in [9.17, 15) is 0 Å². The number of aromatic nitrogens is 2. The second-order valence-electron chi connectivity index (χ2n) is 6.67. The maximum atomic E-state index is 5.58. The first-order chi connectivity index (χ1) is 14.7. The van der Waals surface area contributed by atoms with Crippen molar-refractivity contribution in [2.24, 2.45) is 4.99 Å². The third-order valence-electron chi connectivity index (χ3n) is 4.67. The van der Waals surface area contributed by atoms with Crippen LogP contribution in [0, 0.1) is 0 Å². The van der Waals surface area contributed by atoms with E-state index in [1.165, 1.54) is 11.1 Å². The molecule has 0 spiro atoms. The van der Waals surface area contributed by atoms with Crippen molar-refractivity contribution in [2.75, 3.05) is 20.8 Å². The van der Waals surface area contributed by atoms with Crippen LogP contribution in [0.2, 0.25) is 0 Å². The smallest absolute Gasteiger partial charge is 0.191 e. The standard InChI is InChI=1S/C23H29N5O2.HI/c1-4-30-21-11-10-18(14-22(21)29-3)15-25-23(24-2)26-16-19-8-5-6-9-20(19)17-28-13-7-12-27-28;/h5-14H,4,15-17H2,1-3H3,(H2,24,25,26);1H. The Bertz CT molecular complexity index is 960. The Morgan fingerprint density at radius 1 is 1.03 bits per heavy atom. The number of nitrogens with zero attached hydrogens (tertiary/aromatic N) is 3. The molecule has 8 heteroatoms. The number of hydrogen-bond donors (Lipinski definition) is 2. The van der Waals surface area contributed by atoms with Gasteiger partial charge in [0.05, 0.1) is 20.3 Å². The quantitative estimate of drug-likeness (QED) is 0.248. The van der Waals surface area contributed by atoms with Gasteiger partial charge in [0.15, 0.2) is 17.5 Å². The summed E-state index contributed by atoms with van der Waals surface area (Å²) in [6.07, 6.45) is 3.76. The van der Waals surface area contributed by atoms with Crippen LogP contribution in [0.5, 0.6) is 11.5 Å². The number of rotatable bonds is 9. The molecule has 7 nitrogen and oxygen atoms in total. The summed E-state index contributed by atoms with van der Waals surface area (Å²) in [5, 5.41) is 11.0. The number of nitrogens with one attached hydrogen (secondary N) is 2. The summed E-state index contributed by atoms with van der Waals surface area (Å²) in [6, 6.07) is 16.2. The second kappa shape index (κ2) is 12.8. The molecule has 3 aromatic rings. The van der Waals surface area contributed by atoms with Crippen LogP contribution in [0.25, 0.3) is 0 Å². The maximum Gasteiger partial charge on any atom is 0.191 e. The molecule has 0 saturated heterocycles. The van der Waals surface area contributed by atoms with Gasteiger partial charge in [-0.3, -0.25) is 9.67 Å². The third kappa shape index (κ3) is 7.16. The zero-order valence-electron chi connectivity index (χ0n) is 18.2. The van der Waals surface area contributed by atoms with Gasteiger partial charge in [-0.1, -0.05) is 30.3 Å². The van der Waals surface area contributed by atoms with Gasteiger partial charge in [0.1, 0.15) is 0 Å². The Morgan fingerprint density at radius 3 is 2.48 bits per heavy atom. The average molecular weight is 535 g/mol. The highest BCUT2D eigenvalue weighted by Crippen LogP contribution is 2.27. The average Bonchev–Trinajstić information content (AvgIpc) is 3.29. The molecule has 3 rings (SSSR count). The fourth-order valence-electron chi connectivity index (χ4n) is 3.13. The number of benzene rings is 2. The fourth-order valence-corrected chi connectivity index (χ4v) is 3.13. The Labute approximate surface area is 200 Å². The van der Waals surface area contributed by atoms with Gasteiger partial charge < -0.3 is 20.1 Å². The largest absolute Gasteiger partial charge is 0.493 e. The van der Waals surface area contributed by atoms with Crippen LogP contribution >= 0.6 is 24.0 Å². The molecule has 0 bridgehead atoms. The van der Waals surface area contributed by atoms with Crippen molar-refractivity contribution in [3.63, 3.8) is 0 Å². The van der Waals surface area contributed by atoms with Crippen LogP contribution in [-0.4, -0.2) is 36.5 Å². The van der Waals surface area contributed by atoms with Crippen molar-refractivity contribution in [2.45, 2.75) is 26.6 Å². The van der Waals surface area contributed by atoms with Gasteiger partial charge in [-0.25, -0.2) is 0 Å². The molecular formula is C23H30IN5O2. The molecule has 0 fully saturated rings. The minimum absolute atomic E-state index is 0. The van der Waals surface area contributed by atoms with Gasteiger partial charge in [0, 0.05) is 32.5 Å². The molecule has 0 aliphatic carbocycles. The highest BCUT2D eigenvalue weighted by atomic mass is 127. The minimum Gasteiger partial charge on any atom is -0.493 e. The van der Waals surface area contributed by atoms with Gasteiger partial charge in [-0.2, -0.15) is 5.10 Å². The first-order valence-corrected chi connectivity index (χ1v) is 10.0. The van der Waals surface area contributed by atoms with E-state index < -0.39 is 0 Å². The molecule has 2 N–H and O–H groups in total. The fraction of sp³-hybridized carbons (Fsp3) is 0.304. The lowest BCUT2D eigenvalue weighted by Gasteiger charge is -2.15. The summed E-state index contributed by atoms with van der Waals surface area (Å²) >= 11 is 0. The molecular weight excluding hydrogens is 505 g/mol. The van der Waals surface area contributed by atoms with E-state index in [0.29, 0.717) is 19.7 Å². The SMILES string of the molecule is CCOc1ccc(CNC(=NC)NCc2ccccc2Cn2cccn2)cc1OC.I. The zero-order chi connectivity index (χ0) is 21.2. The van der Waals surface area contributed by atoms with Crippen molar-refractivity contribution in [3.05, 3.63) is 77.6 Å². The van der Waals surface area contributed by atoms with Gasteiger partial charge in [0.2, 0.25) is 0 Å². The molecule has 2 aromatic carbocycles. The first-order valence-electron chi connectivity index (χ1n) is 10.0. The molecule has 31 heavy (non-hydrogen) atoms. The summed E-state index contributed by atoms with van der Waals surface area (Å²) in [4.78, 5) is 4.33. The van der Waals surface area contributed by atoms with Gasteiger partial charge in [-0.15, -0.1) is 24.0 Å². The summed E-state index contributed by atoms with van der Waals surface area (Å²) in [6.45, 7) is 4.59. The number of aliphatic imine (C=N–C) groups is 1. The van der Waals surface area contributed by atoms with Gasteiger partial charge >= 0.3 is 0 Å². The van der Waals surface area contributed by atoms with Gasteiger partial charge in [-0.05, 0) is 41.8 Å². The van der Waals surface area contributed by atoms with Gasteiger partial charge in [0.25, 0.3) is 0 Å². The predicted octanol–water partition coefficient (Wildman–Crippen LogP) is 3.82. The summed E-state index contributed by atoms with van der Waals surface area (Å²) < 4.78 is 12.9. The van der Waals surface area contributed by atoms with Crippen LogP contribution in [-0.2, 0) is 19.6 Å². The van der Waals surface area contributed by atoms with Crippen molar-refractivity contribution in [3.8, 4) is 11.5 Å². The topological polar surface area (TPSA) is 72.7 Å². The number of halogens is 1. The number of hydrogen-bond acceptors (Lipinski definition) is 4. The van der Waals surface area contributed by atoms with E-state index in [1.54, 1.807) is 20.4 Å². The first kappa shape index (κ1) is 24.5. The van der Waals surface area contributed by atoms with Crippen LogP contribution in [0.4, 0.5) is 0 Å². The maximum absolute atomic E-state index is 5.58. The Balaban J connectivity index is 0.00000341. The molecule has 1 heterocycles. The van der Waals surface area contributed by atoms with Crippen molar-refractivity contribution in [1.29, 1.82) is 0 Å². The summed E-state index contributed by atoms with van der Waals surface area (Å²) in [5.74, 6) is 2.21. The van der Waals surface area contributed by atoms with Crippen LogP contribution in [0.15, 0.2) is 65.9 Å². The van der Waals surface area contributed by atoms with Crippen molar-refractivity contribution >= 4 is 29.9 Å². The highest BCUT2D eigenvalue weighted by Gasteiger charge is 2.07. The molecule has 1 aromatic heterocycles. The molecule has 0 unspecified atom stereocenters. The normalized spacial score (nSPS) is 10.9. The number of ether oxygens (including phenoxy) is 2. The van der Waals surface area contributed by atoms with E-state index in [2.05, 4.69) is 38.9 Å². The summed E-state index contributed by atoms with van der Waals surface area (Å²) in [7, 11) is 3.42. The molecule has 0 atom stereocenters. The van der Waals surface area contributed by atoms with Crippen LogP contribution < -0.4 is 20.1 Å². The zero-order valence-corrected chi connectivity index (χ0v) is 20.5.